The second-order valence-corrected chi connectivity index (χ2v) is 3.50. The first-order valence-corrected chi connectivity index (χ1v) is 4.80. The lowest BCUT2D eigenvalue weighted by atomic mass is 10.4. The zero-order chi connectivity index (χ0) is 9.97. The second-order valence-electron chi connectivity index (χ2n) is 2.75. The van der Waals surface area contributed by atoms with Gasteiger partial charge in [-0.2, -0.15) is 4.37 Å². The van der Waals surface area contributed by atoms with Gasteiger partial charge in [0.25, 0.3) is 0 Å². The number of anilines is 3. The smallest absolute Gasteiger partial charge is 0.208 e. The zero-order valence-electron chi connectivity index (χ0n) is 7.56. The fourth-order valence-corrected chi connectivity index (χ4v) is 1.52. The van der Waals surface area contributed by atoms with Crippen molar-refractivity contribution in [2.24, 2.45) is 0 Å². The Morgan fingerprint density at radius 3 is 2.86 bits per heavy atom. The molecule has 0 fully saturated rings. The molecule has 2 rings (SSSR count). The third-order valence-electron chi connectivity index (χ3n) is 1.55. The summed E-state index contributed by atoms with van der Waals surface area (Å²) in [4.78, 5) is 8.24. The van der Waals surface area contributed by atoms with Gasteiger partial charge in [0.1, 0.15) is 11.6 Å². The van der Waals surface area contributed by atoms with Crippen molar-refractivity contribution in [2.45, 2.75) is 6.92 Å². The van der Waals surface area contributed by atoms with Gasteiger partial charge >= 0.3 is 0 Å². The third-order valence-corrected chi connectivity index (χ3v) is 2.27. The molecule has 2 heterocycles. The number of pyridine rings is 1. The van der Waals surface area contributed by atoms with E-state index in [0.717, 1.165) is 16.8 Å². The van der Waals surface area contributed by atoms with Crippen molar-refractivity contribution in [2.75, 3.05) is 11.1 Å². The molecule has 5 nitrogen and oxygen atoms in total. The number of nitrogens with one attached hydrogen (secondary N) is 1. The van der Waals surface area contributed by atoms with Crippen LogP contribution >= 0.6 is 11.5 Å². The van der Waals surface area contributed by atoms with Gasteiger partial charge < -0.3 is 11.1 Å². The number of nitrogen functional groups attached to an aromatic ring is 1. The van der Waals surface area contributed by atoms with Crippen LogP contribution in [-0.2, 0) is 0 Å². The summed E-state index contributed by atoms with van der Waals surface area (Å²) in [7, 11) is 0. The Hall–Kier alpha value is -1.69. The fraction of sp³-hybridized carbons (Fsp3) is 0.125. The minimum absolute atomic E-state index is 0.643. The maximum absolute atomic E-state index is 5.51. The Morgan fingerprint density at radius 2 is 2.29 bits per heavy atom. The molecule has 2 aromatic rings. The molecule has 0 saturated carbocycles. The van der Waals surface area contributed by atoms with E-state index < -0.39 is 0 Å². The summed E-state index contributed by atoms with van der Waals surface area (Å²) in [5.41, 5.74) is 6.15. The molecular formula is C8H9N5S. The number of hydrogen-bond donors (Lipinski definition) is 2. The standard InChI is InChI=1S/C8H9N5S/c1-5-11-8(14-13-5)12-7-3-2-6(9)4-10-7/h2-4H,9H2,1H3,(H,10,11,12,13). The highest BCUT2D eigenvalue weighted by atomic mass is 32.1. The van der Waals surface area contributed by atoms with Crippen LogP contribution in [0.3, 0.4) is 0 Å². The molecule has 0 unspecified atom stereocenters. The van der Waals surface area contributed by atoms with Crippen LogP contribution in [-0.4, -0.2) is 14.3 Å². The predicted molar refractivity (Wildman–Crippen MR) is 56.6 cm³/mol. The maximum Gasteiger partial charge on any atom is 0.208 e. The highest BCUT2D eigenvalue weighted by Crippen LogP contribution is 2.16. The lowest BCUT2D eigenvalue weighted by Crippen LogP contribution is -1.93. The molecule has 0 aromatic carbocycles. The first kappa shape index (κ1) is 8.89. The molecule has 2 aromatic heterocycles. The summed E-state index contributed by atoms with van der Waals surface area (Å²) in [5, 5.41) is 3.77. The van der Waals surface area contributed by atoms with E-state index in [0.29, 0.717) is 5.69 Å². The zero-order valence-corrected chi connectivity index (χ0v) is 8.38. The van der Waals surface area contributed by atoms with Gasteiger partial charge in [-0.3, -0.25) is 0 Å². The highest BCUT2D eigenvalue weighted by molar-refractivity contribution is 7.09. The maximum atomic E-state index is 5.51. The van der Waals surface area contributed by atoms with Crippen molar-refractivity contribution in [3.63, 3.8) is 0 Å². The number of nitrogens with two attached hydrogens (primary N) is 1. The number of hydrogen-bond acceptors (Lipinski definition) is 6. The van der Waals surface area contributed by atoms with Crippen molar-refractivity contribution in [3.8, 4) is 0 Å². The lowest BCUT2D eigenvalue weighted by Gasteiger charge is -1.99. The van der Waals surface area contributed by atoms with E-state index in [1.165, 1.54) is 11.5 Å². The minimum atomic E-state index is 0.643. The van der Waals surface area contributed by atoms with Crippen LogP contribution < -0.4 is 11.1 Å². The largest absolute Gasteiger partial charge is 0.397 e. The Balaban J connectivity index is 2.15. The summed E-state index contributed by atoms with van der Waals surface area (Å²) in [6.07, 6.45) is 1.59. The van der Waals surface area contributed by atoms with Crippen LogP contribution in [0.25, 0.3) is 0 Å². The summed E-state index contributed by atoms with van der Waals surface area (Å²) in [6, 6.07) is 3.58. The topological polar surface area (TPSA) is 76.7 Å². The van der Waals surface area contributed by atoms with E-state index in [2.05, 4.69) is 19.7 Å². The molecule has 0 amide bonds. The van der Waals surface area contributed by atoms with Crippen LogP contribution in [0.15, 0.2) is 18.3 Å². The minimum Gasteiger partial charge on any atom is -0.397 e. The van der Waals surface area contributed by atoms with Crippen molar-refractivity contribution in [3.05, 3.63) is 24.2 Å². The van der Waals surface area contributed by atoms with Crippen LogP contribution in [0.5, 0.6) is 0 Å². The van der Waals surface area contributed by atoms with Gasteiger partial charge in [-0.1, -0.05) is 0 Å². The summed E-state index contributed by atoms with van der Waals surface area (Å²) >= 11 is 1.31. The Morgan fingerprint density at radius 1 is 1.43 bits per heavy atom. The quantitative estimate of drug-likeness (QED) is 0.781. The Kier molecular flexibility index (Phi) is 2.28. The highest BCUT2D eigenvalue weighted by Gasteiger charge is 2.00. The molecule has 0 atom stereocenters. The number of aromatic nitrogens is 3. The fourth-order valence-electron chi connectivity index (χ4n) is 0.937. The number of aryl methyl sites for hydroxylation is 1. The molecular weight excluding hydrogens is 198 g/mol. The van der Waals surface area contributed by atoms with Crippen molar-refractivity contribution >= 4 is 28.2 Å². The van der Waals surface area contributed by atoms with E-state index in [1.54, 1.807) is 18.3 Å². The Labute approximate surface area is 85.2 Å². The molecule has 0 aliphatic carbocycles. The van der Waals surface area contributed by atoms with E-state index in [-0.39, 0.29) is 0 Å². The number of nitrogens with zero attached hydrogens (tertiary/aromatic N) is 3. The molecule has 6 heteroatoms. The summed E-state index contributed by atoms with van der Waals surface area (Å²) in [5.74, 6) is 1.48. The molecule has 0 radical (unpaired) electrons. The average molecular weight is 207 g/mol. The van der Waals surface area contributed by atoms with Crippen molar-refractivity contribution in [1.29, 1.82) is 0 Å². The first-order chi connectivity index (χ1) is 6.74. The first-order valence-electron chi connectivity index (χ1n) is 4.03. The summed E-state index contributed by atoms with van der Waals surface area (Å²) in [6.45, 7) is 1.85. The Bertz CT molecular complexity index is 422. The monoisotopic (exact) mass is 207 g/mol. The predicted octanol–water partition coefficient (Wildman–Crippen LogP) is 1.57. The average Bonchev–Trinajstić information content (AvgIpc) is 2.56. The van der Waals surface area contributed by atoms with E-state index in [1.807, 2.05) is 6.92 Å². The van der Waals surface area contributed by atoms with E-state index in [4.69, 9.17) is 5.73 Å². The van der Waals surface area contributed by atoms with Gasteiger partial charge in [0, 0.05) is 11.5 Å². The van der Waals surface area contributed by atoms with Crippen LogP contribution in [0, 0.1) is 6.92 Å². The molecule has 0 aliphatic rings. The van der Waals surface area contributed by atoms with Crippen LogP contribution in [0.1, 0.15) is 5.82 Å². The number of rotatable bonds is 2. The third kappa shape index (κ3) is 1.97. The molecule has 0 aliphatic heterocycles. The second kappa shape index (κ2) is 3.59. The molecule has 72 valence electrons. The van der Waals surface area contributed by atoms with Crippen LogP contribution in [0.4, 0.5) is 16.6 Å². The molecule has 0 bridgehead atoms. The molecule has 0 saturated heterocycles. The molecule has 14 heavy (non-hydrogen) atoms. The van der Waals surface area contributed by atoms with Gasteiger partial charge in [0.2, 0.25) is 5.13 Å². The van der Waals surface area contributed by atoms with Gasteiger partial charge in [0.15, 0.2) is 0 Å². The molecule has 3 N–H and O–H groups in total. The van der Waals surface area contributed by atoms with Crippen LogP contribution in [0.2, 0.25) is 0 Å². The summed E-state index contributed by atoms with van der Waals surface area (Å²) < 4.78 is 4.05. The van der Waals surface area contributed by atoms with Gasteiger partial charge in [0.05, 0.1) is 11.9 Å². The van der Waals surface area contributed by atoms with Gasteiger partial charge in [-0.25, -0.2) is 9.97 Å². The normalized spacial score (nSPS) is 10.1. The van der Waals surface area contributed by atoms with E-state index >= 15 is 0 Å². The van der Waals surface area contributed by atoms with Crippen molar-refractivity contribution in [1.82, 2.24) is 14.3 Å². The van der Waals surface area contributed by atoms with Gasteiger partial charge in [-0.05, 0) is 19.1 Å². The van der Waals surface area contributed by atoms with Crippen molar-refractivity contribution < 1.29 is 0 Å². The lowest BCUT2D eigenvalue weighted by molar-refractivity contribution is 1.16. The SMILES string of the molecule is Cc1nsc(Nc2ccc(N)cn2)n1. The van der Waals surface area contributed by atoms with E-state index in [9.17, 15) is 0 Å². The molecule has 0 spiro atoms. The van der Waals surface area contributed by atoms with Gasteiger partial charge in [-0.15, -0.1) is 0 Å².